The molecule has 0 radical (unpaired) electrons. The summed E-state index contributed by atoms with van der Waals surface area (Å²) >= 11 is 0. The number of oxime groups is 1. The summed E-state index contributed by atoms with van der Waals surface area (Å²) in [6.07, 6.45) is 1.52. The first kappa shape index (κ1) is 7.33. The van der Waals surface area contributed by atoms with E-state index < -0.39 is 0 Å². The van der Waals surface area contributed by atoms with Gasteiger partial charge in [-0.3, -0.25) is 4.98 Å². The van der Waals surface area contributed by atoms with Crippen LogP contribution in [0.2, 0.25) is 0 Å². The van der Waals surface area contributed by atoms with Crippen molar-refractivity contribution in [2.45, 2.75) is 0 Å². The molecule has 0 saturated heterocycles. The van der Waals surface area contributed by atoms with Crippen molar-refractivity contribution in [3.8, 4) is 0 Å². The van der Waals surface area contributed by atoms with Crippen molar-refractivity contribution in [2.24, 2.45) is 10.9 Å². The molecule has 0 aliphatic carbocycles. The first-order valence-electron chi connectivity index (χ1n) is 2.94. The fraction of sp³-hybridized carbons (Fsp3) is 0. The largest absolute Gasteiger partial charge is 0.409 e. The van der Waals surface area contributed by atoms with Gasteiger partial charge in [0.15, 0.2) is 5.84 Å². The van der Waals surface area contributed by atoms with E-state index in [-0.39, 0.29) is 5.84 Å². The van der Waals surface area contributed by atoms with E-state index in [0.29, 0.717) is 11.4 Å². The van der Waals surface area contributed by atoms with Gasteiger partial charge in [-0.2, -0.15) is 0 Å². The van der Waals surface area contributed by atoms with Gasteiger partial charge in [-0.25, -0.2) is 0 Å². The Morgan fingerprint density at radius 3 is 2.91 bits per heavy atom. The summed E-state index contributed by atoms with van der Waals surface area (Å²) in [6.45, 7) is 0. The first-order valence-corrected chi connectivity index (χ1v) is 2.94. The van der Waals surface area contributed by atoms with E-state index in [4.69, 9.17) is 16.7 Å². The second-order valence-corrected chi connectivity index (χ2v) is 1.93. The fourth-order valence-corrected chi connectivity index (χ4v) is 0.679. The first-order chi connectivity index (χ1) is 5.25. The van der Waals surface area contributed by atoms with Gasteiger partial charge in [-0.15, -0.1) is 0 Å². The summed E-state index contributed by atoms with van der Waals surface area (Å²) < 4.78 is 0. The third-order valence-electron chi connectivity index (χ3n) is 1.19. The number of hydrogen-bond donors (Lipinski definition) is 3. The Kier molecular flexibility index (Phi) is 1.91. The molecular weight excluding hydrogens is 144 g/mol. The highest BCUT2D eigenvalue weighted by molar-refractivity contribution is 5.99. The molecule has 1 aromatic rings. The highest BCUT2D eigenvalue weighted by atomic mass is 16.4. The monoisotopic (exact) mass is 152 g/mol. The maximum atomic E-state index is 8.28. The predicted molar refractivity (Wildman–Crippen MR) is 41.2 cm³/mol. The molecule has 0 aliphatic heterocycles. The standard InChI is InChI=1S/C6H8N4O/c7-4-2-1-3-9-5(4)6(8)10-11/h1-3,11H,7H2,(H2,8,10). The topological polar surface area (TPSA) is 97.5 Å². The minimum absolute atomic E-state index is 0.0805. The lowest BCUT2D eigenvalue weighted by Gasteiger charge is -1.99. The molecule has 5 heteroatoms. The van der Waals surface area contributed by atoms with Crippen LogP contribution in [-0.4, -0.2) is 16.0 Å². The average Bonchev–Trinajstić information content (AvgIpc) is 2.04. The molecule has 1 aromatic heterocycles. The van der Waals surface area contributed by atoms with Crippen LogP contribution in [0.1, 0.15) is 5.69 Å². The highest BCUT2D eigenvalue weighted by Gasteiger charge is 2.03. The predicted octanol–water partition coefficient (Wildman–Crippen LogP) is -0.242. The van der Waals surface area contributed by atoms with Crippen molar-refractivity contribution < 1.29 is 5.21 Å². The number of hydrogen-bond acceptors (Lipinski definition) is 4. The molecule has 0 aliphatic rings. The number of pyridine rings is 1. The van der Waals surface area contributed by atoms with Crippen LogP contribution in [-0.2, 0) is 0 Å². The zero-order chi connectivity index (χ0) is 8.27. The molecule has 5 nitrogen and oxygen atoms in total. The Balaban J connectivity index is 3.14. The molecule has 0 aromatic carbocycles. The number of rotatable bonds is 1. The second kappa shape index (κ2) is 2.87. The molecule has 0 spiro atoms. The van der Waals surface area contributed by atoms with E-state index in [1.807, 2.05) is 0 Å². The lowest BCUT2D eigenvalue weighted by molar-refractivity contribution is 0.318. The Morgan fingerprint density at radius 2 is 2.36 bits per heavy atom. The lowest BCUT2D eigenvalue weighted by atomic mass is 10.3. The molecule has 11 heavy (non-hydrogen) atoms. The summed E-state index contributed by atoms with van der Waals surface area (Å²) in [5, 5.41) is 11.1. The van der Waals surface area contributed by atoms with Crippen molar-refractivity contribution in [1.29, 1.82) is 0 Å². The number of nitrogens with zero attached hydrogens (tertiary/aromatic N) is 2. The fourth-order valence-electron chi connectivity index (χ4n) is 0.679. The van der Waals surface area contributed by atoms with Crippen molar-refractivity contribution in [3.63, 3.8) is 0 Å². The van der Waals surface area contributed by atoms with Crippen LogP contribution in [0.25, 0.3) is 0 Å². The van der Waals surface area contributed by atoms with E-state index in [9.17, 15) is 0 Å². The summed E-state index contributed by atoms with van der Waals surface area (Å²) in [5.74, 6) is -0.0805. The van der Waals surface area contributed by atoms with Gasteiger partial charge in [0.1, 0.15) is 5.69 Å². The van der Waals surface area contributed by atoms with Crippen LogP contribution in [0, 0.1) is 0 Å². The van der Waals surface area contributed by atoms with Gasteiger partial charge in [-0.1, -0.05) is 5.16 Å². The molecule has 0 saturated carbocycles. The maximum absolute atomic E-state index is 8.28. The molecule has 1 heterocycles. The minimum atomic E-state index is -0.0805. The number of nitrogen functional groups attached to an aromatic ring is 1. The second-order valence-electron chi connectivity index (χ2n) is 1.93. The zero-order valence-corrected chi connectivity index (χ0v) is 5.73. The number of amidine groups is 1. The number of aromatic nitrogens is 1. The minimum Gasteiger partial charge on any atom is -0.409 e. The summed E-state index contributed by atoms with van der Waals surface area (Å²) in [4.78, 5) is 3.81. The normalized spacial score (nSPS) is 11.5. The van der Waals surface area contributed by atoms with Crippen LogP contribution < -0.4 is 11.5 Å². The van der Waals surface area contributed by atoms with Crippen LogP contribution in [0.5, 0.6) is 0 Å². The molecule has 0 unspecified atom stereocenters. The lowest BCUT2D eigenvalue weighted by Crippen LogP contribution is -2.16. The van der Waals surface area contributed by atoms with Crippen molar-refractivity contribution in [2.75, 3.05) is 5.73 Å². The third kappa shape index (κ3) is 1.37. The van der Waals surface area contributed by atoms with E-state index in [1.54, 1.807) is 12.1 Å². The van der Waals surface area contributed by atoms with Crippen LogP contribution in [0.4, 0.5) is 5.69 Å². The Hall–Kier alpha value is -1.78. The molecule has 0 bridgehead atoms. The summed E-state index contributed by atoms with van der Waals surface area (Å²) in [6, 6.07) is 3.30. The van der Waals surface area contributed by atoms with Gasteiger partial charge in [0.05, 0.1) is 5.69 Å². The molecular formula is C6H8N4O. The summed E-state index contributed by atoms with van der Waals surface area (Å²) in [7, 11) is 0. The zero-order valence-electron chi connectivity index (χ0n) is 5.73. The van der Waals surface area contributed by atoms with Gasteiger partial charge in [0, 0.05) is 6.20 Å². The highest BCUT2D eigenvalue weighted by Crippen LogP contribution is 2.05. The van der Waals surface area contributed by atoms with Gasteiger partial charge in [0.2, 0.25) is 0 Å². The van der Waals surface area contributed by atoms with Gasteiger partial charge in [-0.05, 0) is 12.1 Å². The smallest absolute Gasteiger partial charge is 0.190 e. The third-order valence-corrected chi connectivity index (χ3v) is 1.19. The van der Waals surface area contributed by atoms with Crippen LogP contribution in [0.15, 0.2) is 23.5 Å². The quantitative estimate of drug-likeness (QED) is 0.224. The van der Waals surface area contributed by atoms with E-state index >= 15 is 0 Å². The van der Waals surface area contributed by atoms with Crippen molar-refractivity contribution in [1.82, 2.24) is 4.98 Å². The van der Waals surface area contributed by atoms with E-state index in [2.05, 4.69) is 10.1 Å². The maximum Gasteiger partial charge on any atom is 0.190 e. The van der Waals surface area contributed by atoms with Crippen molar-refractivity contribution in [3.05, 3.63) is 24.0 Å². The van der Waals surface area contributed by atoms with Gasteiger partial charge in [0.25, 0.3) is 0 Å². The average molecular weight is 152 g/mol. The molecule has 0 atom stereocenters. The Bertz CT molecular complexity index is 284. The van der Waals surface area contributed by atoms with Crippen molar-refractivity contribution >= 4 is 11.5 Å². The molecule has 1 rings (SSSR count). The van der Waals surface area contributed by atoms with E-state index in [0.717, 1.165) is 0 Å². The van der Waals surface area contributed by atoms with E-state index in [1.165, 1.54) is 6.20 Å². The summed E-state index contributed by atoms with van der Waals surface area (Å²) in [5.41, 5.74) is 11.4. The SMILES string of the molecule is N/C(=N/O)c1ncccc1N. The molecule has 0 amide bonds. The number of anilines is 1. The molecule has 5 N–H and O–H groups in total. The Labute approximate surface area is 63.3 Å². The van der Waals surface area contributed by atoms with Gasteiger partial charge >= 0.3 is 0 Å². The molecule has 58 valence electrons. The molecule has 0 fully saturated rings. The number of nitrogens with two attached hydrogens (primary N) is 2. The van der Waals surface area contributed by atoms with Crippen LogP contribution in [0.3, 0.4) is 0 Å². The Morgan fingerprint density at radius 1 is 1.64 bits per heavy atom. The van der Waals surface area contributed by atoms with Gasteiger partial charge < -0.3 is 16.7 Å². The van der Waals surface area contributed by atoms with Crippen LogP contribution >= 0.6 is 0 Å².